The summed E-state index contributed by atoms with van der Waals surface area (Å²) in [6.45, 7) is 0.673. The highest BCUT2D eigenvalue weighted by Gasteiger charge is 2.01. The van der Waals surface area contributed by atoms with Crippen molar-refractivity contribution in [1.82, 2.24) is 9.97 Å². The van der Waals surface area contributed by atoms with Gasteiger partial charge in [0.25, 0.3) is 0 Å². The molecular weight excluding hydrogens is 317 g/mol. The lowest BCUT2D eigenvalue weighted by molar-refractivity contribution is 0.627. The van der Waals surface area contributed by atoms with E-state index >= 15 is 0 Å². The maximum absolute atomic E-state index is 12.9. The van der Waals surface area contributed by atoms with E-state index in [0.717, 1.165) is 17.7 Å². The van der Waals surface area contributed by atoms with Gasteiger partial charge in [-0.3, -0.25) is 0 Å². The van der Waals surface area contributed by atoms with Gasteiger partial charge in [0.05, 0.1) is 11.6 Å². The monoisotopic (exact) mass is 333 g/mol. The van der Waals surface area contributed by atoms with Crippen LogP contribution < -0.4 is 10.6 Å². The molecule has 0 atom stereocenters. The lowest BCUT2D eigenvalue weighted by Crippen LogP contribution is -2.07. The summed E-state index contributed by atoms with van der Waals surface area (Å²) in [6.07, 6.45) is 2.23. The van der Waals surface area contributed by atoms with Gasteiger partial charge in [-0.15, -0.1) is 0 Å². The van der Waals surface area contributed by atoms with Crippen LogP contribution in [0.4, 0.5) is 21.7 Å². The fourth-order valence-electron chi connectivity index (χ4n) is 2.32. The molecule has 0 saturated carbocycles. The summed E-state index contributed by atoms with van der Waals surface area (Å²) in [5, 5.41) is 15.3. The zero-order valence-electron chi connectivity index (χ0n) is 13.4. The fourth-order valence-corrected chi connectivity index (χ4v) is 2.32. The van der Waals surface area contributed by atoms with E-state index in [2.05, 4.69) is 26.7 Å². The van der Waals surface area contributed by atoms with Crippen molar-refractivity contribution < 1.29 is 4.39 Å². The molecule has 0 saturated heterocycles. The summed E-state index contributed by atoms with van der Waals surface area (Å²) in [6, 6.07) is 17.5. The normalized spacial score (nSPS) is 10.1. The number of hydrogen-bond donors (Lipinski definition) is 2. The highest BCUT2D eigenvalue weighted by molar-refractivity contribution is 5.60. The van der Waals surface area contributed by atoms with Gasteiger partial charge in [0, 0.05) is 18.3 Å². The van der Waals surface area contributed by atoms with Gasteiger partial charge in [-0.25, -0.2) is 14.4 Å². The molecule has 0 bridgehead atoms. The minimum absolute atomic E-state index is 0.233. The number of hydrogen-bond acceptors (Lipinski definition) is 5. The van der Waals surface area contributed by atoms with E-state index in [1.807, 2.05) is 12.1 Å². The summed E-state index contributed by atoms with van der Waals surface area (Å²) >= 11 is 0. The predicted octanol–water partition coefficient (Wildman–Crippen LogP) is 3.89. The van der Waals surface area contributed by atoms with E-state index in [1.165, 1.54) is 18.5 Å². The maximum Gasteiger partial charge on any atom is 0.135 e. The first-order chi connectivity index (χ1) is 12.2. The van der Waals surface area contributed by atoms with Gasteiger partial charge in [-0.05, 0) is 42.3 Å². The Hall–Kier alpha value is -3.46. The Morgan fingerprint density at radius 3 is 2.60 bits per heavy atom. The van der Waals surface area contributed by atoms with Crippen LogP contribution in [0.15, 0.2) is 60.9 Å². The largest absolute Gasteiger partial charge is 0.370 e. The zero-order valence-corrected chi connectivity index (χ0v) is 13.4. The molecule has 2 N–H and O–H groups in total. The Labute approximate surface area is 145 Å². The highest BCUT2D eigenvalue weighted by Crippen LogP contribution is 2.17. The molecule has 0 radical (unpaired) electrons. The fraction of sp³-hybridized carbons (Fsp3) is 0.105. The van der Waals surface area contributed by atoms with Crippen molar-refractivity contribution in [3.05, 3.63) is 77.9 Å². The van der Waals surface area contributed by atoms with Crippen LogP contribution in [0.1, 0.15) is 11.1 Å². The van der Waals surface area contributed by atoms with Gasteiger partial charge in [-0.2, -0.15) is 5.26 Å². The lowest BCUT2D eigenvalue weighted by Gasteiger charge is -2.09. The zero-order chi connectivity index (χ0) is 17.5. The number of anilines is 3. The number of aromatic nitrogens is 2. The topological polar surface area (TPSA) is 73.6 Å². The molecule has 0 unspecified atom stereocenters. The van der Waals surface area contributed by atoms with Crippen molar-refractivity contribution >= 4 is 17.3 Å². The summed E-state index contributed by atoms with van der Waals surface area (Å²) in [4.78, 5) is 8.36. The van der Waals surface area contributed by atoms with E-state index < -0.39 is 0 Å². The van der Waals surface area contributed by atoms with Crippen LogP contribution in [0.2, 0.25) is 0 Å². The van der Waals surface area contributed by atoms with Crippen molar-refractivity contribution in [2.24, 2.45) is 0 Å². The lowest BCUT2D eigenvalue weighted by atomic mass is 10.1. The molecule has 2 aromatic carbocycles. The van der Waals surface area contributed by atoms with Crippen LogP contribution in [0.25, 0.3) is 0 Å². The van der Waals surface area contributed by atoms with Gasteiger partial charge in [0.2, 0.25) is 0 Å². The third kappa shape index (κ3) is 4.75. The summed E-state index contributed by atoms with van der Waals surface area (Å²) < 4.78 is 12.9. The van der Waals surface area contributed by atoms with E-state index in [0.29, 0.717) is 23.7 Å². The number of nitrogens with zero attached hydrogens (tertiary/aromatic N) is 3. The van der Waals surface area contributed by atoms with E-state index in [9.17, 15) is 4.39 Å². The van der Waals surface area contributed by atoms with Crippen LogP contribution in [0.3, 0.4) is 0 Å². The number of halogens is 1. The smallest absolute Gasteiger partial charge is 0.135 e. The Kier molecular flexibility index (Phi) is 5.17. The molecule has 0 aliphatic carbocycles. The molecule has 5 nitrogen and oxygen atoms in total. The van der Waals surface area contributed by atoms with Gasteiger partial charge >= 0.3 is 0 Å². The molecule has 124 valence electrons. The van der Waals surface area contributed by atoms with Gasteiger partial charge in [0.1, 0.15) is 23.8 Å². The van der Waals surface area contributed by atoms with E-state index in [1.54, 1.807) is 30.3 Å². The Morgan fingerprint density at radius 2 is 1.80 bits per heavy atom. The van der Waals surface area contributed by atoms with Crippen molar-refractivity contribution in [3.63, 3.8) is 0 Å². The van der Waals surface area contributed by atoms with Crippen LogP contribution in [0, 0.1) is 17.1 Å². The number of rotatable bonds is 6. The average molecular weight is 333 g/mol. The molecule has 0 aliphatic heterocycles. The first-order valence-corrected chi connectivity index (χ1v) is 7.80. The second kappa shape index (κ2) is 7.88. The summed E-state index contributed by atoms with van der Waals surface area (Å²) in [5.74, 6) is 1.09. The second-order valence-electron chi connectivity index (χ2n) is 5.41. The molecule has 3 aromatic rings. The van der Waals surface area contributed by atoms with Crippen molar-refractivity contribution in [2.75, 3.05) is 17.2 Å². The molecule has 0 aliphatic rings. The Morgan fingerprint density at radius 1 is 1.00 bits per heavy atom. The predicted molar refractivity (Wildman–Crippen MR) is 95.1 cm³/mol. The standard InChI is InChI=1S/C19H16FN5/c20-16-6-4-14(5-7-16)8-9-22-18-11-19(24-13-23-18)25-17-3-1-2-15(10-17)12-21/h1-7,10-11,13H,8-9H2,(H2,22,23,24,25). The molecule has 25 heavy (non-hydrogen) atoms. The number of benzene rings is 2. The first kappa shape index (κ1) is 16.4. The molecule has 1 aromatic heterocycles. The van der Waals surface area contributed by atoms with Gasteiger partial charge in [-0.1, -0.05) is 18.2 Å². The molecule has 3 rings (SSSR count). The van der Waals surface area contributed by atoms with Crippen molar-refractivity contribution in [2.45, 2.75) is 6.42 Å². The first-order valence-electron chi connectivity index (χ1n) is 7.80. The van der Waals surface area contributed by atoms with Crippen LogP contribution in [0.5, 0.6) is 0 Å². The van der Waals surface area contributed by atoms with Crippen LogP contribution >= 0.6 is 0 Å². The third-order valence-electron chi connectivity index (χ3n) is 3.56. The molecule has 1 heterocycles. The minimum atomic E-state index is -0.233. The van der Waals surface area contributed by atoms with Crippen LogP contribution in [-0.4, -0.2) is 16.5 Å². The third-order valence-corrected chi connectivity index (χ3v) is 3.56. The minimum Gasteiger partial charge on any atom is -0.370 e. The second-order valence-corrected chi connectivity index (χ2v) is 5.41. The molecule has 6 heteroatoms. The van der Waals surface area contributed by atoms with E-state index in [4.69, 9.17) is 5.26 Å². The summed E-state index contributed by atoms with van der Waals surface area (Å²) in [7, 11) is 0. The molecule has 0 fully saturated rings. The number of nitrogens with one attached hydrogen (secondary N) is 2. The Bertz CT molecular complexity index is 887. The SMILES string of the molecule is N#Cc1cccc(Nc2cc(NCCc3ccc(F)cc3)ncn2)c1. The number of nitriles is 1. The molecular formula is C19H16FN5. The average Bonchev–Trinajstić information content (AvgIpc) is 2.64. The Balaban J connectivity index is 1.59. The van der Waals surface area contributed by atoms with Crippen LogP contribution in [-0.2, 0) is 6.42 Å². The van der Waals surface area contributed by atoms with Crippen molar-refractivity contribution in [1.29, 1.82) is 5.26 Å². The quantitative estimate of drug-likeness (QED) is 0.716. The maximum atomic E-state index is 12.9. The molecule has 0 spiro atoms. The van der Waals surface area contributed by atoms with Gasteiger partial charge in [0.15, 0.2) is 0 Å². The highest BCUT2D eigenvalue weighted by atomic mass is 19.1. The van der Waals surface area contributed by atoms with E-state index in [-0.39, 0.29) is 5.82 Å². The van der Waals surface area contributed by atoms with Gasteiger partial charge < -0.3 is 10.6 Å². The molecule has 0 amide bonds. The van der Waals surface area contributed by atoms with Crippen molar-refractivity contribution in [3.8, 4) is 6.07 Å². The summed E-state index contributed by atoms with van der Waals surface area (Å²) in [5.41, 5.74) is 2.42.